The minimum atomic E-state index is 0.116. The molecule has 2 aromatic rings. The van der Waals surface area contributed by atoms with Crippen molar-refractivity contribution in [3.05, 3.63) is 70.8 Å². The van der Waals surface area contributed by atoms with Crippen LogP contribution in [0.1, 0.15) is 59.7 Å². The minimum absolute atomic E-state index is 0.116. The lowest BCUT2D eigenvalue weighted by Gasteiger charge is -2.45. The Bertz CT molecular complexity index is 734. The highest BCUT2D eigenvalue weighted by molar-refractivity contribution is 5.94. The Balaban J connectivity index is 1.93. The highest BCUT2D eigenvalue weighted by Gasteiger charge is 2.39. The molecule has 0 aliphatic heterocycles. The Morgan fingerprint density at radius 2 is 1.42 bits per heavy atom. The lowest BCUT2D eigenvalue weighted by Crippen LogP contribution is -2.48. The molecule has 126 valence electrons. The van der Waals surface area contributed by atoms with Gasteiger partial charge in [0.05, 0.1) is 0 Å². The van der Waals surface area contributed by atoms with E-state index < -0.39 is 0 Å². The van der Waals surface area contributed by atoms with Crippen molar-refractivity contribution in [1.82, 2.24) is 4.90 Å². The summed E-state index contributed by atoms with van der Waals surface area (Å²) in [5.74, 6) is 1.34. The number of amides is 1. The van der Waals surface area contributed by atoms with Gasteiger partial charge in [0, 0.05) is 24.6 Å². The number of benzene rings is 2. The zero-order valence-electron chi connectivity index (χ0n) is 15.3. The average molecular weight is 321 g/mol. The lowest BCUT2D eigenvalue weighted by molar-refractivity contribution is 0.0616. The molecule has 0 radical (unpaired) electrons. The maximum atomic E-state index is 13.0. The highest BCUT2D eigenvalue weighted by atomic mass is 16.2. The molecule has 1 amide bonds. The van der Waals surface area contributed by atoms with E-state index in [9.17, 15) is 4.79 Å². The summed E-state index contributed by atoms with van der Waals surface area (Å²) in [6, 6.07) is 16.8. The molecule has 0 saturated carbocycles. The Hall–Kier alpha value is -2.09. The fourth-order valence-corrected chi connectivity index (χ4v) is 4.28. The van der Waals surface area contributed by atoms with E-state index >= 15 is 0 Å². The number of hydrogen-bond donors (Lipinski definition) is 0. The van der Waals surface area contributed by atoms with Gasteiger partial charge in [0.2, 0.25) is 0 Å². The van der Waals surface area contributed by atoms with E-state index in [1.165, 1.54) is 16.7 Å². The fraction of sp³-hybridized carbons (Fsp3) is 0.409. The highest BCUT2D eigenvalue weighted by Crippen LogP contribution is 2.44. The summed E-state index contributed by atoms with van der Waals surface area (Å²) in [5.41, 5.74) is 4.77. The SMILES string of the molecule is Cc1ccc(C(=O)N(C)C2C(C)c3ccccc3C(C)C2C)cc1. The zero-order valence-corrected chi connectivity index (χ0v) is 15.3. The molecule has 3 rings (SSSR count). The van der Waals surface area contributed by atoms with Crippen molar-refractivity contribution >= 4 is 5.91 Å². The molecular formula is C22H27NO. The molecule has 2 nitrogen and oxygen atoms in total. The van der Waals surface area contributed by atoms with Crippen LogP contribution >= 0.6 is 0 Å². The first-order valence-corrected chi connectivity index (χ1v) is 8.84. The summed E-state index contributed by atoms with van der Waals surface area (Å²) in [7, 11) is 1.96. The number of fused-ring (bicyclic) bond motifs is 1. The third kappa shape index (κ3) is 2.75. The number of nitrogens with zero attached hydrogens (tertiary/aromatic N) is 1. The van der Waals surface area contributed by atoms with Crippen LogP contribution in [0.15, 0.2) is 48.5 Å². The van der Waals surface area contributed by atoms with Crippen molar-refractivity contribution < 1.29 is 4.79 Å². The standard InChI is InChI=1S/C22H27NO/c1-14-10-12-18(13-11-14)22(24)23(5)21-16(3)15(2)19-8-6-7-9-20(19)17(21)4/h6-13,15-17,21H,1-5H3. The van der Waals surface area contributed by atoms with Crippen LogP contribution in [0.4, 0.5) is 0 Å². The van der Waals surface area contributed by atoms with Crippen LogP contribution in [0, 0.1) is 12.8 Å². The summed E-state index contributed by atoms with van der Waals surface area (Å²) in [5, 5.41) is 0. The Kier molecular flexibility index (Phi) is 4.49. The second kappa shape index (κ2) is 6.43. The molecule has 2 heteroatoms. The van der Waals surface area contributed by atoms with Gasteiger partial charge in [0.25, 0.3) is 5.91 Å². The molecule has 0 fully saturated rings. The number of carbonyl (C=O) groups is 1. The van der Waals surface area contributed by atoms with Crippen molar-refractivity contribution in [2.24, 2.45) is 5.92 Å². The predicted molar refractivity (Wildman–Crippen MR) is 99.5 cm³/mol. The van der Waals surface area contributed by atoms with Crippen LogP contribution in [0.3, 0.4) is 0 Å². The monoisotopic (exact) mass is 321 g/mol. The Morgan fingerprint density at radius 1 is 0.875 bits per heavy atom. The smallest absolute Gasteiger partial charge is 0.253 e. The van der Waals surface area contributed by atoms with Crippen molar-refractivity contribution in [3.63, 3.8) is 0 Å². The normalized spacial score (nSPS) is 25.9. The summed E-state index contributed by atoms with van der Waals surface area (Å²) in [4.78, 5) is 15.0. The van der Waals surface area contributed by atoms with Gasteiger partial charge in [-0.05, 0) is 42.0 Å². The molecule has 0 spiro atoms. The van der Waals surface area contributed by atoms with E-state index in [2.05, 4.69) is 45.0 Å². The molecule has 0 heterocycles. The van der Waals surface area contributed by atoms with Gasteiger partial charge in [-0.2, -0.15) is 0 Å². The van der Waals surface area contributed by atoms with Gasteiger partial charge in [-0.15, -0.1) is 0 Å². The van der Waals surface area contributed by atoms with E-state index in [1.807, 2.05) is 43.1 Å². The van der Waals surface area contributed by atoms with Crippen molar-refractivity contribution in [2.75, 3.05) is 7.05 Å². The molecular weight excluding hydrogens is 294 g/mol. The zero-order chi connectivity index (χ0) is 17.4. The van der Waals surface area contributed by atoms with Crippen LogP contribution in [0.2, 0.25) is 0 Å². The van der Waals surface area contributed by atoms with E-state index in [4.69, 9.17) is 0 Å². The maximum absolute atomic E-state index is 13.0. The first-order chi connectivity index (χ1) is 11.4. The van der Waals surface area contributed by atoms with Gasteiger partial charge in [-0.1, -0.05) is 62.7 Å². The molecule has 2 aromatic carbocycles. The summed E-state index contributed by atoms with van der Waals surface area (Å²) >= 11 is 0. The van der Waals surface area contributed by atoms with Gasteiger partial charge in [0.1, 0.15) is 0 Å². The van der Waals surface area contributed by atoms with Gasteiger partial charge < -0.3 is 4.90 Å². The number of hydrogen-bond acceptors (Lipinski definition) is 1. The van der Waals surface area contributed by atoms with Crippen molar-refractivity contribution in [2.45, 2.75) is 45.6 Å². The van der Waals surface area contributed by atoms with Gasteiger partial charge in [0.15, 0.2) is 0 Å². The third-order valence-electron chi connectivity index (χ3n) is 5.88. The van der Waals surface area contributed by atoms with E-state index in [0.717, 1.165) is 5.56 Å². The maximum Gasteiger partial charge on any atom is 0.253 e. The van der Waals surface area contributed by atoms with Crippen LogP contribution in [-0.4, -0.2) is 23.9 Å². The first kappa shape index (κ1) is 16.8. The molecule has 4 unspecified atom stereocenters. The molecule has 24 heavy (non-hydrogen) atoms. The second-order valence-corrected chi connectivity index (χ2v) is 7.34. The van der Waals surface area contributed by atoms with E-state index in [1.54, 1.807) is 0 Å². The molecule has 1 aliphatic rings. The topological polar surface area (TPSA) is 20.3 Å². The van der Waals surface area contributed by atoms with E-state index in [0.29, 0.717) is 17.8 Å². The van der Waals surface area contributed by atoms with Gasteiger partial charge in [-0.25, -0.2) is 0 Å². The van der Waals surface area contributed by atoms with Crippen LogP contribution in [0.25, 0.3) is 0 Å². The van der Waals surface area contributed by atoms with Crippen LogP contribution in [-0.2, 0) is 0 Å². The number of rotatable bonds is 2. The van der Waals surface area contributed by atoms with Crippen molar-refractivity contribution in [3.8, 4) is 0 Å². The fourth-order valence-electron chi connectivity index (χ4n) is 4.28. The van der Waals surface area contributed by atoms with Gasteiger partial charge >= 0.3 is 0 Å². The largest absolute Gasteiger partial charge is 0.338 e. The Labute approximate surface area is 145 Å². The quantitative estimate of drug-likeness (QED) is 0.763. The van der Waals surface area contributed by atoms with E-state index in [-0.39, 0.29) is 11.9 Å². The average Bonchev–Trinajstić information content (AvgIpc) is 2.60. The lowest BCUT2D eigenvalue weighted by atomic mass is 9.68. The molecule has 0 saturated heterocycles. The predicted octanol–water partition coefficient (Wildman–Crippen LogP) is 4.99. The molecule has 0 N–H and O–H groups in total. The summed E-state index contributed by atoms with van der Waals surface area (Å²) < 4.78 is 0. The Morgan fingerprint density at radius 3 is 2.00 bits per heavy atom. The van der Waals surface area contributed by atoms with Crippen LogP contribution in [0.5, 0.6) is 0 Å². The number of likely N-dealkylation sites (N-methyl/N-ethyl adjacent to an activating group) is 1. The first-order valence-electron chi connectivity index (χ1n) is 8.84. The second-order valence-electron chi connectivity index (χ2n) is 7.34. The van der Waals surface area contributed by atoms with Crippen molar-refractivity contribution in [1.29, 1.82) is 0 Å². The van der Waals surface area contributed by atoms with Crippen LogP contribution < -0.4 is 0 Å². The number of aryl methyl sites for hydroxylation is 1. The molecule has 1 aliphatic carbocycles. The van der Waals surface area contributed by atoms with Gasteiger partial charge in [-0.3, -0.25) is 4.79 Å². The molecule has 0 bridgehead atoms. The summed E-state index contributed by atoms with van der Waals surface area (Å²) in [6.45, 7) is 8.86. The minimum Gasteiger partial charge on any atom is -0.338 e. The molecule has 4 atom stereocenters. The molecule has 0 aromatic heterocycles. The third-order valence-corrected chi connectivity index (χ3v) is 5.88. The number of carbonyl (C=O) groups excluding carboxylic acids is 1. The summed E-state index contributed by atoms with van der Waals surface area (Å²) in [6.07, 6.45) is 0.